The number of amides is 1. The summed E-state index contributed by atoms with van der Waals surface area (Å²) in [6.07, 6.45) is -4.69. The number of anilines is 1. The molecule has 0 saturated carbocycles. The number of carbonyl (C=O) groups excluding carboxylic acids is 1. The molecule has 184 valence electrons. The molecule has 7 nitrogen and oxygen atoms in total. The lowest BCUT2D eigenvalue weighted by Crippen LogP contribution is -2.16. The first-order valence-electron chi connectivity index (χ1n) is 10.7. The van der Waals surface area contributed by atoms with Gasteiger partial charge in [0.1, 0.15) is 0 Å². The van der Waals surface area contributed by atoms with Crippen LogP contribution in [0.2, 0.25) is 5.02 Å². The molecule has 0 spiro atoms. The SMILES string of the molecule is Cc1nn(Cc2cccc(Cl)c2)c(C)c1NC(=O)c1cc2nc(-c3cccs3)cc(C(F)(F)F)n2n1. The molecular formula is C24H18ClF3N6OS. The first-order chi connectivity index (χ1) is 17.1. The number of halogens is 4. The van der Waals surface area contributed by atoms with Crippen molar-refractivity contribution in [3.8, 4) is 10.6 Å². The molecule has 0 aliphatic heterocycles. The Kier molecular flexibility index (Phi) is 6.05. The lowest BCUT2D eigenvalue weighted by molar-refractivity contribution is -0.142. The van der Waals surface area contributed by atoms with Crippen molar-refractivity contribution < 1.29 is 18.0 Å². The number of nitrogens with one attached hydrogen (secondary N) is 1. The van der Waals surface area contributed by atoms with Crippen LogP contribution in [0.5, 0.6) is 0 Å². The van der Waals surface area contributed by atoms with Crippen molar-refractivity contribution in [2.45, 2.75) is 26.6 Å². The van der Waals surface area contributed by atoms with Gasteiger partial charge in [0.05, 0.1) is 34.2 Å². The van der Waals surface area contributed by atoms with Crippen molar-refractivity contribution in [2.24, 2.45) is 0 Å². The topological polar surface area (TPSA) is 77.1 Å². The van der Waals surface area contributed by atoms with Gasteiger partial charge in [0.25, 0.3) is 5.91 Å². The van der Waals surface area contributed by atoms with Crippen LogP contribution in [0.1, 0.15) is 33.1 Å². The number of fused-ring (bicyclic) bond motifs is 1. The van der Waals surface area contributed by atoms with Gasteiger partial charge in [0.2, 0.25) is 0 Å². The van der Waals surface area contributed by atoms with Crippen LogP contribution in [0.25, 0.3) is 16.2 Å². The van der Waals surface area contributed by atoms with Gasteiger partial charge in [-0.25, -0.2) is 9.50 Å². The molecule has 0 fully saturated rings. The number of hydrogen-bond acceptors (Lipinski definition) is 5. The molecule has 0 bridgehead atoms. The zero-order valence-electron chi connectivity index (χ0n) is 19.0. The van der Waals surface area contributed by atoms with E-state index in [1.807, 2.05) is 18.2 Å². The maximum absolute atomic E-state index is 13.8. The molecule has 36 heavy (non-hydrogen) atoms. The summed E-state index contributed by atoms with van der Waals surface area (Å²) in [4.78, 5) is 17.9. The van der Waals surface area contributed by atoms with E-state index in [9.17, 15) is 18.0 Å². The Morgan fingerprint density at radius 3 is 2.61 bits per heavy atom. The molecule has 0 aliphatic rings. The van der Waals surface area contributed by atoms with Gasteiger partial charge in [-0.2, -0.15) is 23.4 Å². The van der Waals surface area contributed by atoms with Crippen molar-refractivity contribution in [1.29, 1.82) is 0 Å². The van der Waals surface area contributed by atoms with Gasteiger partial charge in [0, 0.05) is 11.1 Å². The monoisotopic (exact) mass is 530 g/mol. The molecule has 0 radical (unpaired) electrons. The van der Waals surface area contributed by atoms with E-state index in [-0.39, 0.29) is 17.0 Å². The number of aryl methyl sites for hydroxylation is 1. The summed E-state index contributed by atoms with van der Waals surface area (Å²) in [7, 11) is 0. The fourth-order valence-corrected chi connectivity index (χ4v) is 4.75. The fraction of sp³-hybridized carbons (Fsp3) is 0.167. The Balaban J connectivity index is 1.47. The minimum absolute atomic E-state index is 0.0801. The number of nitrogens with zero attached hydrogens (tertiary/aromatic N) is 5. The lowest BCUT2D eigenvalue weighted by Gasteiger charge is -2.10. The predicted molar refractivity (Wildman–Crippen MR) is 132 cm³/mol. The van der Waals surface area contributed by atoms with Crippen molar-refractivity contribution in [1.82, 2.24) is 24.4 Å². The van der Waals surface area contributed by atoms with Crippen LogP contribution in [0, 0.1) is 13.8 Å². The van der Waals surface area contributed by atoms with Crippen LogP contribution < -0.4 is 5.32 Å². The second-order valence-electron chi connectivity index (χ2n) is 8.09. The predicted octanol–water partition coefficient (Wildman–Crippen LogP) is 6.24. The van der Waals surface area contributed by atoms with Crippen LogP contribution in [-0.2, 0) is 12.7 Å². The second kappa shape index (κ2) is 9.07. The van der Waals surface area contributed by atoms with Crippen LogP contribution in [-0.4, -0.2) is 30.3 Å². The van der Waals surface area contributed by atoms with Gasteiger partial charge in [-0.1, -0.05) is 29.8 Å². The van der Waals surface area contributed by atoms with Crippen molar-refractivity contribution in [2.75, 3.05) is 5.32 Å². The third kappa shape index (κ3) is 4.59. The van der Waals surface area contributed by atoms with Gasteiger partial charge in [-0.3, -0.25) is 9.48 Å². The Hall–Kier alpha value is -3.70. The zero-order valence-corrected chi connectivity index (χ0v) is 20.5. The number of thiophene rings is 1. The molecule has 1 N–H and O–H groups in total. The maximum Gasteiger partial charge on any atom is 0.433 e. The van der Waals surface area contributed by atoms with Gasteiger partial charge in [0.15, 0.2) is 17.0 Å². The van der Waals surface area contributed by atoms with E-state index >= 15 is 0 Å². The van der Waals surface area contributed by atoms with Crippen molar-refractivity contribution >= 4 is 40.2 Å². The highest BCUT2D eigenvalue weighted by Crippen LogP contribution is 2.33. The first-order valence-corrected chi connectivity index (χ1v) is 12.0. The highest BCUT2D eigenvalue weighted by molar-refractivity contribution is 7.13. The molecule has 1 aromatic carbocycles. The molecule has 4 heterocycles. The number of carbonyl (C=O) groups is 1. The Morgan fingerprint density at radius 2 is 1.92 bits per heavy atom. The first kappa shape index (κ1) is 24.0. The summed E-state index contributed by atoms with van der Waals surface area (Å²) in [5.41, 5.74) is 1.49. The van der Waals surface area contributed by atoms with Gasteiger partial charge < -0.3 is 5.32 Å². The third-order valence-electron chi connectivity index (χ3n) is 5.57. The van der Waals surface area contributed by atoms with E-state index in [1.165, 1.54) is 17.4 Å². The highest BCUT2D eigenvalue weighted by atomic mass is 35.5. The molecular weight excluding hydrogens is 513 g/mol. The van der Waals surface area contributed by atoms with Crippen LogP contribution in [0.4, 0.5) is 18.9 Å². The Bertz CT molecular complexity index is 1590. The largest absolute Gasteiger partial charge is 0.433 e. The highest BCUT2D eigenvalue weighted by Gasteiger charge is 2.36. The lowest BCUT2D eigenvalue weighted by atomic mass is 10.2. The number of rotatable bonds is 5. The average molecular weight is 531 g/mol. The zero-order chi connectivity index (χ0) is 25.6. The summed E-state index contributed by atoms with van der Waals surface area (Å²) in [5, 5.41) is 13.5. The Labute approximate surface area is 212 Å². The van der Waals surface area contributed by atoms with Gasteiger partial charge in [-0.15, -0.1) is 11.3 Å². The van der Waals surface area contributed by atoms with E-state index in [0.717, 1.165) is 11.6 Å². The van der Waals surface area contributed by atoms with E-state index in [4.69, 9.17) is 11.6 Å². The third-order valence-corrected chi connectivity index (χ3v) is 6.69. The molecule has 0 atom stereocenters. The van der Waals surface area contributed by atoms with Gasteiger partial charge >= 0.3 is 6.18 Å². The smallest absolute Gasteiger partial charge is 0.317 e. The minimum Gasteiger partial charge on any atom is -0.317 e. The maximum atomic E-state index is 13.8. The van der Waals surface area contributed by atoms with E-state index in [2.05, 4.69) is 20.5 Å². The summed E-state index contributed by atoms with van der Waals surface area (Å²) < 4.78 is 43.8. The molecule has 5 aromatic rings. The molecule has 0 aliphatic carbocycles. The number of alkyl halides is 3. The summed E-state index contributed by atoms with van der Waals surface area (Å²) in [5.74, 6) is -0.667. The summed E-state index contributed by atoms with van der Waals surface area (Å²) >= 11 is 7.34. The van der Waals surface area contributed by atoms with Crippen molar-refractivity contribution in [3.05, 3.63) is 87.3 Å². The molecule has 1 amide bonds. The number of benzene rings is 1. The van der Waals surface area contributed by atoms with Gasteiger partial charge in [-0.05, 0) is 49.1 Å². The van der Waals surface area contributed by atoms with Crippen molar-refractivity contribution in [3.63, 3.8) is 0 Å². The number of hydrogen-bond donors (Lipinski definition) is 1. The standard InChI is InChI=1S/C24H18ClF3N6OS/c1-13-22(14(2)33(31-13)12-15-5-3-6-16(25)9-15)30-23(35)18-11-21-29-17(19-7-4-8-36-19)10-20(24(26,27)28)34(21)32-18/h3-11H,12H2,1-2H3,(H,30,35). The van der Waals surface area contributed by atoms with Crippen LogP contribution in [0.3, 0.4) is 0 Å². The average Bonchev–Trinajstić information content (AvgIpc) is 3.54. The van der Waals surface area contributed by atoms with E-state index in [1.54, 1.807) is 42.1 Å². The quantitative estimate of drug-likeness (QED) is 0.291. The molecule has 12 heteroatoms. The second-order valence-corrected chi connectivity index (χ2v) is 9.47. The summed E-state index contributed by atoms with van der Waals surface area (Å²) in [6.45, 7) is 3.96. The Morgan fingerprint density at radius 1 is 1.11 bits per heavy atom. The molecule has 4 aromatic heterocycles. The summed E-state index contributed by atoms with van der Waals surface area (Å²) in [6, 6.07) is 12.9. The molecule has 0 unspecified atom stereocenters. The molecule has 0 saturated heterocycles. The normalized spacial score (nSPS) is 11.8. The number of aromatic nitrogens is 5. The van der Waals surface area contributed by atoms with E-state index in [0.29, 0.717) is 38.0 Å². The van der Waals surface area contributed by atoms with Crippen LogP contribution in [0.15, 0.2) is 53.9 Å². The minimum atomic E-state index is -4.69. The molecule has 5 rings (SSSR count). The van der Waals surface area contributed by atoms with E-state index < -0.39 is 17.8 Å². The van der Waals surface area contributed by atoms with Crippen LogP contribution >= 0.6 is 22.9 Å². The fourth-order valence-electron chi connectivity index (χ4n) is 3.86.